The third-order valence-corrected chi connectivity index (χ3v) is 4.69. The summed E-state index contributed by atoms with van der Waals surface area (Å²) < 4.78 is 14.6. The molecule has 0 fully saturated rings. The van der Waals surface area contributed by atoms with Gasteiger partial charge >= 0.3 is 0 Å². The van der Waals surface area contributed by atoms with E-state index in [2.05, 4.69) is 0 Å². The Labute approximate surface area is 119 Å². The van der Waals surface area contributed by atoms with Crippen LogP contribution in [0.5, 0.6) is 5.75 Å². The van der Waals surface area contributed by atoms with Crippen LogP contribution in [0.3, 0.4) is 0 Å². The zero-order chi connectivity index (χ0) is 13.9. The minimum atomic E-state index is -0.622. The van der Waals surface area contributed by atoms with Crippen LogP contribution in [-0.2, 0) is 4.79 Å². The van der Waals surface area contributed by atoms with E-state index in [1.165, 1.54) is 36.5 Å². The summed E-state index contributed by atoms with van der Waals surface area (Å²) in [4.78, 5) is 11.7. The van der Waals surface area contributed by atoms with Crippen LogP contribution in [0.2, 0.25) is 5.02 Å². The molecule has 0 aliphatic carbocycles. The number of thioether (sulfide) groups is 2. The van der Waals surface area contributed by atoms with Gasteiger partial charge in [0.15, 0.2) is 5.78 Å². The van der Waals surface area contributed by atoms with Gasteiger partial charge in [-0.25, -0.2) is 4.39 Å². The minimum absolute atomic E-state index is 0.0723. The SMILES string of the molecule is CSC(SC)=C(C(C)=O)c1cc(O)c(Cl)cc1F. The average molecular weight is 307 g/mol. The number of rotatable bonds is 4. The van der Waals surface area contributed by atoms with Crippen LogP contribution >= 0.6 is 35.1 Å². The van der Waals surface area contributed by atoms with Crippen LogP contribution < -0.4 is 0 Å². The highest BCUT2D eigenvalue weighted by Crippen LogP contribution is 2.37. The van der Waals surface area contributed by atoms with E-state index in [-0.39, 0.29) is 27.7 Å². The van der Waals surface area contributed by atoms with Crippen molar-refractivity contribution in [2.45, 2.75) is 6.92 Å². The first-order valence-electron chi connectivity index (χ1n) is 4.94. The molecule has 0 atom stereocenters. The van der Waals surface area contributed by atoms with E-state index in [9.17, 15) is 14.3 Å². The van der Waals surface area contributed by atoms with Crippen molar-refractivity contribution >= 4 is 46.5 Å². The van der Waals surface area contributed by atoms with Gasteiger partial charge in [-0.05, 0) is 31.6 Å². The average Bonchev–Trinajstić information content (AvgIpc) is 2.31. The fourth-order valence-electron chi connectivity index (χ4n) is 1.46. The summed E-state index contributed by atoms with van der Waals surface area (Å²) in [6.07, 6.45) is 3.62. The van der Waals surface area contributed by atoms with Crippen molar-refractivity contribution in [2.24, 2.45) is 0 Å². The molecule has 0 bridgehead atoms. The fraction of sp³-hybridized carbons (Fsp3) is 0.250. The number of aromatic hydroxyl groups is 1. The number of carbonyl (C=O) groups excluding carboxylic acids is 1. The minimum Gasteiger partial charge on any atom is -0.506 e. The number of ketones is 1. The van der Waals surface area contributed by atoms with Gasteiger partial charge in [-0.15, -0.1) is 23.5 Å². The highest BCUT2D eigenvalue weighted by Gasteiger charge is 2.19. The molecule has 0 amide bonds. The van der Waals surface area contributed by atoms with Crippen molar-refractivity contribution < 1.29 is 14.3 Å². The molecule has 0 spiro atoms. The Morgan fingerprint density at radius 2 is 1.89 bits per heavy atom. The monoisotopic (exact) mass is 306 g/mol. The van der Waals surface area contributed by atoms with Crippen LogP contribution in [-0.4, -0.2) is 23.4 Å². The summed E-state index contributed by atoms with van der Waals surface area (Å²) in [5.74, 6) is -1.12. The van der Waals surface area contributed by atoms with Gasteiger partial charge in [0.2, 0.25) is 0 Å². The van der Waals surface area contributed by atoms with E-state index in [1.54, 1.807) is 0 Å². The predicted molar refractivity (Wildman–Crippen MR) is 77.7 cm³/mol. The highest BCUT2D eigenvalue weighted by atomic mass is 35.5. The van der Waals surface area contributed by atoms with E-state index in [1.807, 2.05) is 12.5 Å². The quantitative estimate of drug-likeness (QED) is 0.847. The highest BCUT2D eigenvalue weighted by molar-refractivity contribution is 8.22. The van der Waals surface area contributed by atoms with Crippen molar-refractivity contribution in [2.75, 3.05) is 12.5 Å². The van der Waals surface area contributed by atoms with E-state index in [0.717, 1.165) is 6.07 Å². The Morgan fingerprint density at radius 1 is 1.33 bits per heavy atom. The van der Waals surface area contributed by atoms with Crippen molar-refractivity contribution in [3.05, 3.63) is 32.8 Å². The van der Waals surface area contributed by atoms with E-state index < -0.39 is 5.82 Å². The molecule has 0 aliphatic rings. The lowest BCUT2D eigenvalue weighted by molar-refractivity contribution is -0.111. The third kappa shape index (κ3) is 3.22. The lowest BCUT2D eigenvalue weighted by atomic mass is 10.0. The normalized spacial score (nSPS) is 10.3. The van der Waals surface area contributed by atoms with Gasteiger partial charge in [-0.2, -0.15) is 0 Å². The number of allylic oxidation sites excluding steroid dienone is 1. The lowest BCUT2D eigenvalue weighted by Gasteiger charge is -2.11. The Hall–Kier alpha value is -0.650. The lowest BCUT2D eigenvalue weighted by Crippen LogP contribution is -2.01. The van der Waals surface area contributed by atoms with Crippen molar-refractivity contribution in [1.82, 2.24) is 0 Å². The first-order valence-corrected chi connectivity index (χ1v) is 7.76. The van der Waals surface area contributed by atoms with Crippen molar-refractivity contribution in [3.8, 4) is 5.75 Å². The molecule has 0 aliphatic heterocycles. The molecular formula is C12H12ClFO2S2. The topological polar surface area (TPSA) is 37.3 Å². The van der Waals surface area contributed by atoms with E-state index in [0.29, 0.717) is 4.24 Å². The summed E-state index contributed by atoms with van der Waals surface area (Å²) in [6, 6.07) is 2.19. The number of Topliss-reactive ketones (excluding diaryl/α,β-unsaturated/α-hetero) is 1. The number of halogens is 2. The predicted octanol–water partition coefficient (Wildman–Crippen LogP) is 4.17. The standard InChI is InChI=1S/C12H12ClFO2S2/c1-6(15)11(12(17-2)18-3)7-4-10(16)8(13)5-9(7)14/h4-5,16H,1-3H3. The Kier molecular flexibility index (Phi) is 5.56. The van der Waals surface area contributed by atoms with Crippen molar-refractivity contribution in [3.63, 3.8) is 0 Å². The first kappa shape index (κ1) is 15.4. The van der Waals surface area contributed by atoms with Gasteiger partial charge in [-0.1, -0.05) is 11.6 Å². The zero-order valence-corrected chi connectivity index (χ0v) is 12.5. The summed E-state index contributed by atoms with van der Waals surface area (Å²) >= 11 is 8.34. The molecule has 0 unspecified atom stereocenters. The molecule has 1 aromatic carbocycles. The largest absolute Gasteiger partial charge is 0.506 e. The van der Waals surface area contributed by atoms with Crippen LogP contribution in [0.4, 0.5) is 4.39 Å². The second-order valence-corrected chi connectivity index (χ2v) is 5.71. The molecule has 1 N–H and O–H groups in total. The van der Waals surface area contributed by atoms with Crippen LogP contribution in [0, 0.1) is 5.82 Å². The molecule has 2 nitrogen and oxygen atoms in total. The molecule has 0 aromatic heterocycles. The van der Waals surface area contributed by atoms with E-state index >= 15 is 0 Å². The molecular weight excluding hydrogens is 295 g/mol. The Balaban J connectivity index is 3.54. The second kappa shape index (κ2) is 6.50. The Bertz CT molecular complexity index is 509. The number of phenolic OH excluding ortho intramolecular Hbond substituents is 1. The number of hydrogen-bond acceptors (Lipinski definition) is 4. The van der Waals surface area contributed by atoms with Gasteiger partial charge in [0.25, 0.3) is 0 Å². The number of benzene rings is 1. The maximum Gasteiger partial charge on any atom is 0.162 e. The van der Waals surface area contributed by atoms with Crippen molar-refractivity contribution in [1.29, 1.82) is 0 Å². The van der Waals surface area contributed by atoms with Crippen LogP contribution in [0.1, 0.15) is 12.5 Å². The molecule has 0 heterocycles. The molecule has 1 rings (SSSR count). The van der Waals surface area contributed by atoms with Crippen LogP contribution in [0.25, 0.3) is 5.57 Å². The molecule has 6 heteroatoms. The van der Waals surface area contributed by atoms with Crippen LogP contribution in [0.15, 0.2) is 16.4 Å². The Morgan fingerprint density at radius 3 is 2.33 bits per heavy atom. The number of phenols is 1. The van der Waals surface area contributed by atoms with Gasteiger partial charge in [0.1, 0.15) is 11.6 Å². The third-order valence-electron chi connectivity index (χ3n) is 2.23. The molecule has 1 aromatic rings. The van der Waals surface area contributed by atoms with Gasteiger partial charge < -0.3 is 5.11 Å². The smallest absolute Gasteiger partial charge is 0.162 e. The number of hydrogen-bond donors (Lipinski definition) is 1. The first-order chi connectivity index (χ1) is 8.42. The van der Waals surface area contributed by atoms with E-state index in [4.69, 9.17) is 11.6 Å². The number of carbonyl (C=O) groups is 1. The summed E-state index contributed by atoms with van der Waals surface area (Å²) in [6.45, 7) is 1.37. The van der Waals surface area contributed by atoms with Gasteiger partial charge in [0.05, 0.1) is 9.26 Å². The molecule has 0 saturated carbocycles. The molecule has 0 radical (unpaired) electrons. The second-order valence-electron chi connectivity index (χ2n) is 3.41. The fourth-order valence-corrected chi connectivity index (χ4v) is 3.19. The molecule has 18 heavy (non-hydrogen) atoms. The maximum absolute atomic E-state index is 13.9. The maximum atomic E-state index is 13.9. The molecule has 98 valence electrons. The zero-order valence-electron chi connectivity index (χ0n) is 10.1. The summed E-state index contributed by atoms with van der Waals surface area (Å²) in [5, 5.41) is 9.46. The summed E-state index contributed by atoms with van der Waals surface area (Å²) in [7, 11) is 0. The van der Waals surface area contributed by atoms with Gasteiger partial charge in [-0.3, -0.25) is 4.79 Å². The van der Waals surface area contributed by atoms with Gasteiger partial charge in [0, 0.05) is 11.1 Å². The summed E-state index contributed by atoms with van der Waals surface area (Å²) in [5.41, 5.74) is 0.336. The molecule has 0 saturated heterocycles.